The van der Waals surface area contributed by atoms with E-state index in [9.17, 15) is 0 Å². The third kappa shape index (κ3) is 3.02. The molecule has 0 atom stereocenters. The molecule has 0 saturated carbocycles. The van der Waals surface area contributed by atoms with Gasteiger partial charge in [0.15, 0.2) is 0 Å². The van der Waals surface area contributed by atoms with E-state index in [0.29, 0.717) is 0 Å². The number of hydrogen-bond donors (Lipinski definition) is 2. The molecule has 0 unspecified atom stereocenters. The van der Waals surface area contributed by atoms with Crippen LogP contribution in [0.1, 0.15) is 12.5 Å². The molecule has 3 N–H and O–H groups in total. The number of nitrogens with one attached hydrogen (secondary N) is 1. The van der Waals surface area contributed by atoms with Crippen LogP contribution in [0.5, 0.6) is 0 Å². The summed E-state index contributed by atoms with van der Waals surface area (Å²) < 4.78 is 0. The minimum absolute atomic E-state index is 0.780. The third-order valence-electron chi connectivity index (χ3n) is 2.25. The summed E-state index contributed by atoms with van der Waals surface area (Å²) in [6.45, 7) is 7.65. The average molecular weight is 214 g/mol. The number of anilines is 2. The fourth-order valence-corrected chi connectivity index (χ4v) is 1.39. The Bertz CT molecular complexity index is 428. The highest BCUT2D eigenvalue weighted by Crippen LogP contribution is 2.23. The number of benzene rings is 1. The van der Waals surface area contributed by atoms with Crippen LogP contribution in [0.3, 0.4) is 0 Å². The number of aryl methyl sites for hydroxylation is 1. The quantitative estimate of drug-likeness (QED) is 0.593. The summed E-state index contributed by atoms with van der Waals surface area (Å²) in [4.78, 5) is 0. The first kappa shape index (κ1) is 12.1. The fraction of sp³-hybridized carbons (Fsp3) is 0.143. The first-order valence-electron chi connectivity index (χ1n) is 5.26. The zero-order valence-electron chi connectivity index (χ0n) is 9.83. The summed E-state index contributed by atoms with van der Waals surface area (Å²) >= 11 is 0. The van der Waals surface area contributed by atoms with Gasteiger partial charge in [0.25, 0.3) is 0 Å². The molecular formula is C14H18N2. The summed E-state index contributed by atoms with van der Waals surface area (Å²) in [7, 11) is 0. The average Bonchev–Trinajstić information content (AvgIpc) is 2.25. The van der Waals surface area contributed by atoms with Crippen LogP contribution >= 0.6 is 0 Å². The fourth-order valence-electron chi connectivity index (χ4n) is 1.39. The van der Waals surface area contributed by atoms with Crippen molar-refractivity contribution in [3.63, 3.8) is 0 Å². The van der Waals surface area contributed by atoms with E-state index in [1.807, 2.05) is 50.3 Å². The molecule has 84 valence electrons. The van der Waals surface area contributed by atoms with Gasteiger partial charge in [0.2, 0.25) is 0 Å². The molecule has 1 aromatic carbocycles. The van der Waals surface area contributed by atoms with Gasteiger partial charge in [-0.2, -0.15) is 0 Å². The highest BCUT2D eigenvalue weighted by molar-refractivity contribution is 5.72. The predicted octanol–water partition coefficient (Wildman–Crippen LogP) is 3.64. The van der Waals surface area contributed by atoms with Gasteiger partial charge in [-0.25, -0.2) is 0 Å². The van der Waals surface area contributed by atoms with E-state index in [2.05, 4.69) is 11.9 Å². The summed E-state index contributed by atoms with van der Waals surface area (Å²) in [5.74, 6) is 0. The lowest BCUT2D eigenvalue weighted by atomic mass is 10.1. The van der Waals surface area contributed by atoms with Crippen molar-refractivity contribution in [3.05, 3.63) is 60.3 Å². The second kappa shape index (κ2) is 5.81. The third-order valence-corrected chi connectivity index (χ3v) is 2.25. The Morgan fingerprint density at radius 1 is 1.44 bits per heavy atom. The second-order valence-electron chi connectivity index (χ2n) is 3.52. The summed E-state index contributed by atoms with van der Waals surface area (Å²) in [6.07, 6.45) is 7.59. The smallest absolute Gasteiger partial charge is 0.0620 e. The molecule has 2 nitrogen and oxygen atoms in total. The molecule has 0 aliphatic carbocycles. The molecular weight excluding hydrogens is 196 g/mol. The lowest BCUT2D eigenvalue weighted by Gasteiger charge is -2.11. The largest absolute Gasteiger partial charge is 0.397 e. The minimum atomic E-state index is 0.780. The molecule has 0 amide bonds. The van der Waals surface area contributed by atoms with Crippen LogP contribution in [0.4, 0.5) is 11.4 Å². The van der Waals surface area contributed by atoms with E-state index >= 15 is 0 Å². The van der Waals surface area contributed by atoms with Crippen LogP contribution in [0, 0.1) is 6.92 Å². The molecule has 2 heteroatoms. The topological polar surface area (TPSA) is 38.0 Å². The van der Waals surface area contributed by atoms with Crippen LogP contribution < -0.4 is 11.1 Å². The van der Waals surface area contributed by atoms with Crippen molar-refractivity contribution in [2.24, 2.45) is 0 Å². The zero-order chi connectivity index (χ0) is 12.0. The Labute approximate surface area is 97.2 Å². The monoisotopic (exact) mass is 214 g/mol. The van der Waals surface area contributed by atoms with Gasteiger partial charge < -0.3 is 11.1 Å². The Hall–Kier alpha value is -1.96. The normalized spacial score (nSPS) is 11.8. The van der Waals surface area contributed by atoms with Gasteiger partial charge >= 0.3 is 0 Å². The van der Waals surface area contributed by atoms with Crippen LogP contribution in [-0.2, 0) is 0 Å². The summed E-state index contributed by atoms with van der Waals surface area (Å²) in [5.41, 5.74) is 9.73. The van der Waals surface area contributed by atoms with Gasteiger partial charge in [-0.1, -0.05) is 30.9 Å². The van der Waals surface area contributed by atoms with Gasteiger partial charge in [-0.15, -0.1) is 0 Å². The zero-order valence-corrected chi connectivity index (χ0v) is 9.83. The number of hydrogen-bond acceptors (Lipinski definition) is 2. The van der Waals surface area contributed by atoms with E-state index in [1.165, 1.54) is 0 Å². The van der Waals surface area contributed by atoms with Crippen LogP contribution in [0.25, 0.3) is 0 Å². The molecule has 0 heterocycles. The minimum Gasteiger partial charge on any atom is -0.397 e. The van der Waals surface area contributed by atoms with Crippen molar-refractivity contribution in [1.29, 1.82) is 0 Å². The Kier molecular flexibility index (Phi) is 4.40. The maximum absolute atomic E-state index is 5.98. The first-order chi connectivity index (χ1) is 7.69. The van der Waals surface area contributed by atoms with Crippen molar-refractivity contribution >= 4 is 11.4 Å². The number of nitrogen functional groups attached to an aromatic ring is 1. The standard InChI is InChI=1S/C14H18N2/c1-4-7-12(8-5-2)16-13-10-6-9-11(3)14(13)15/h4-10,16H,1,15H2,2-3H3/b8-5-,12-7+. The van der Waals surface area contributed by atoms with Crippen molar-refractivity contribution < 1.29 is 0 Å². The number of allylic oxidation sites excluding steroid dienone is 4. The molecule has 0 fully saturated rings. The van der Waals surface area contributed by atoms with Crippen LogP contribution in [0.2, 0.25) is 0 Å². The van der Waals surface area contributed by atoms with E-state index in [4.69, 9.17) is 5.73 Å². The summed E-state index contributed by atoms with van der Waals surface area (Å²) in [6, 6.07) is 5.94. The molecule has 0 radical (unpaired) electrons. The number of rotatable bonds is 4. The number of nitrogens with two attached hydrogens (primary N) is 1. The molecule has 0 aromatic heterocycles. The molecule has 1 aromatic rings. The van der Waals surface area contributed by atoms with Gasteiger partial charge in [0.1, 0.15) is 0 Å². The Balaban J connectivity index is 2.98. The van der Waals surface area contributed by atoms with Gasteiger partial charge in [-0.3, -0.25) is 0 Å². The molecule has 0 saturated heterocycles. The lowest BCUT2D eigenvalue weighted by Crippen LogP contribution is -2.01. The van der Waals surface area contributed by atoms with Crippen molar-refractivity contribution in [2.45, 2.75) is 13.8 Å². The summed E-state index contributed by atoms with van der Waals surface area (Å²) in [5, 5.41) is 3.27. The van der Waals surface area contributed by atoms with Gasteiger partial charge in [0.05, 0.1) is 11.4 Å². The van der Waals surface area contributed by atoms with E-state index in [0.717, 1.165) is 22.6 Å². The second-order valence-corrected chi connectivity index (χ2v) is 3.52. The van der Waals surface area contributed by atoms with Gasteiger partial charge in [-0.05, 0) is 37.6 Å². The van der Waals surface area contributed by atoms with Crippen LogP contribution in [0.15, 0.2) is 54.8 Å². The van der Waals surface area contributed by atoms with Crippen molar-refractivity contribution in [3.8, 4) is 0 Å². The highest BCUT2D eigenvalue weighted by Gasteiger charge is 2.01. The lowest BCUT2D eigenvalue weighted by molar-refractivity contribution is 1.41. The van der Waals surface area contributed by atoms with E-state index in [-0.39, 0.29) is 0 Å². The number of para-hydroxylation sites is 1. The Morgan fingerprint density at radius 2 is 2.19 bits per heavy atom. The maximum atomic E-state index is 5.98. The molecule has 0 bridgehead atoms. The first-order valence-corrected chi connectivity index (χ1v) is 5.26. The molecule has 0 spiro atoms. The Morgan fingerprint density at radius 3 is 2.81 bits per heavy atom. The molecule has 1 rings (SSSR count). The molecule has 0 aliphatic rings. The van der Waals surface area contributed by atoms with Crippen molar-refractivity contribution in [1.82, 2.24) is 0 Å². The van der Waals surface area contributed by atoms with E-state index in [1.54, 1.807) is 6.08 Å². The van der Waals surface area contributed by atoms with Crippen LogP contribution in [-0.4, -0.2) is 0 Å². The van der Waals surface area contributed by atoms with E-state index < -0.39 is 0 Å². The molecule has 16 heavy (non-hydrogen) atoms. The predicted molar refractivity (Wildman–Crippen MR) is 72.3 cm³/mol. The maximum Gasteiger partial charge on any atom is 0.0620 e. The molecule has 0 aliphatic heterocycles. The van der Waals surface area contributed by atoms with Crippen molar-refractivity contribution in [2.75, 3.05) is 11.1 Å². The van der Waals surface area contributed by atoms with Gasteiger partial charge in [0, 0.05) is 5.70 Å². The highest BCUT2D eigenvalue weighted by atomic mass is 14.9. The SMILES string of the molecule is C=C/C=C(\C=C/C)Nc1cccc(C)c1N.